The van der Waals surface area contributed by atoms with Gasteiger partial charge in [-0.15, -0.1) is 0 Å². The predicted octanol–water partition coefficient (Wildman–Crippen LogP) is 3.19. The maximum absolute atomic E-state index is 13.8. The molecule has 0 aliphatic carbocycles. The summed E-state index contributed by atoms with van der Waals surface area (Å²) in [6, 6.07) is 2.32. The number of aliphatic hydroxyl groups is 1. The second kappa shape index (κ2) is 8.69. The lowest BCUT2D eigenvalue weighted by atomic mass is 9.92. The Bertz CT molecular complexity index is 823. The van der Waals surface area contributed by atoms with E-state index in [1.165, 1.54) is 33.2 Å². The van der Waals surface area contributed by atoms with E-state index in [1.807, 2.05) is 6.92 Å². The molecule has 28 heavy (non-hydrogen) atoms. The van der Waals surface area contributed by atoms with Gasteiger partial charge in [0.25, 0.3) is 0 Å². The van der Waals surface area contributed by atoms with Crippen molar-refractivity contribution < 1.29 is 31.4 Å². The van der Waals surface area contributed by atoms with Gasteiger partial charge in [0.2, 0.25) is 5.60 Å². The van der Waals surface area contributed by atoms with Crippen LogP contribution >= 0.6 is 0 Å². The highest BCUT2D eigenvalue weighted by atomic mass is 32.2. The van der Waals surface area contributed by atoms with Gasteiger partial charge in [0.05, 0.1) is 30.1 Å². The van der Waals surface area contributed by atoms with Crippen LogP contribution in [0.2, 0.25) is 0 Å². The summed E-state index contributed by atoms with van der Waals surface area (Å²) < 4.78 is 70.9. The van der Waals surface area contributed by atoms with Crippen molar-refractivity contribution in [3.8, 4) is 5.75 Å². The SMILES string of the molecule is CCN(C)/C=N/c1cc(OC)c(C(O)(CS(=O)(=O)C(C)C)C(F)(F)F)cc1C. The molecule has 0 aliphatic rings. The Morgan fingerprint density at radius 3 is 2.32 bits per heavy atom. The molecule has 1 atom stereocenters. The molecule has 0 saturated heterocycles. The first-order valence-electron chi connectivity index (χ1n) is 8.63. The predicted molar refractivity (Wildman–Crippen MR) is 103 cm³/mol. The molecule has 1 N–H and O–H groups in total. The molecule has 0 spiro atoms. The first-order valence-corrected chi connectivity index (χ1v) is 10.3. The van der Waals surface area contributed by atoms with Gasteiger partial charge in [0.1, 0.15) is 5.75 Å². The Balaban J connectivity index is 3.63. The van der Waals surface area contributed by atoms with E-state index < -0.39 is 38.2 Å². The van der Waals surface area contributed by atoms with Gasteiger partial charge in [-0.1, -0.05) is 0 Å². The van der Waals surface area contributed by atoms with Crippen LogP contribution in [-0.2, 0) is 15.4 Å². The summed E-state index contributed by atoms with van der Waals surface area (Å²) in [4.78, 5) is 5.98. The molecule has 0 heterocycles. The number of nitrogens with zero attached hydrogens (tertiary/aromatic N) is 2. The van der Waals surface area contributed by atoms with E-state index in [0.29, 0.717) is 17.8 Å². The fourth-order valence-electron chi connectivity index (χ4n) is 2.32. The van der Waals surface area contributed by atoms with Gasteiger partial charge >= 0.3 is 6.18 Å². The molecule has 0 aliphatic heterocycles. The van der Waals surface area contributed by atoms with Gasteiger partial charge < -0.3 is 14.7 Å². The Morgan fingerprint density at radius 2 is 1.89 bits per heavy atom. The normalized spacial score (nSPS) is 15.1. The minimum absolute atomic E-state index is 0.296. The summed E-state index contributed by atoms with van der Waals surface area (Å²) in [5.41, 5.74) is -3.60. The number of aliphatic imine (C=N–C) groups is 1. The number of hydrogen-bond donors (Lipinski definition) is 1. The second-order valence-electron chi connectivity index (χ2n) is 6.87. The summed E-state index contributed by atoms with van der Waals surface area (Å²) in [6.45, 7) is 6.63. The van der Waals surface area contributed by atoms with E-state index in [2.05, 4.69) is 4.99 Å². The maximum atomic E-state index is 13.8. The molecule has 1 rings (SSSR count). The maximum Gasteiger partial charge on any atom is 0.422 e. The van der Waals surface area contributed by atoms with Crippen molar-refractivity contribution in [2.24, 2.45) is 4.99 Å². The number of methoxy groups -OCH3 is 1. The molecule has 1 unspecified atom stereocenters. The highest BCUT2D eigenvalue weighted by Crippen LogP contribution is 2.45. The van der Waals surface area contributed by atoms with Crippen LogP contribution in [0.25, 0.3) is 0 Å². The molecule has 0 amide bonds. The average Bonchev–Trinajstić information content (AvgIpc) is 2.58. The van der Waals surface area contributed by atoms with Crippen molar-refractivity contribution in [1.82, 2.24) is 4.90 Å². The van der Waals surface area contributed by atoms with Gasteiger partial charge in [0.15, 0.2) is 9.84 Å². The Kier molecular flexibility index (Phi) is 7.52. The van der Waals surface area contributed by atoms with Crippen molar-refractivity contribution in [2.45, 2.75) is 44.7 Å². The largest absolute Gasteiger partial charge is 0.496 e. The molecule has 0 aromatic heterocycles. The van der Waals surface area contributed by atoms with Crippen LogP contribution in [0.15, 0.2) is 17.1 Å². The van der Waals surface area contributed by atoms with E-state index in [4.69, 9.17) is 4.74 Å². The zero-order valence-corrected chi connectivity index (χ0v) is 17.6. The smallest absolute Gasteiger partial charge is 0.422 e. The number of aryl methyl sites for hydroxylation is 1. The number of benzene rings is 1. The molecule has 0 saturated carbocycles. The van der Waals surface area contributed by atoms with Gasteiger partial charge in [0, 0.05) is 25.2 Å². The van der Waals surface area contributed by atoms with Crippen LogP contribution in [0.5, 0.6) is 5.75 Å². The highest BCUT2D eigenvalue weighted by Gasteiger charge is 2.58. The fourth-order valence-corrected chi connectivity index (χ4v) is 3.56. The summed E-state index contributed by atoms with van der Waals surface area (Å²) in [6.07, 6.45) is -3.72. The van der Waals surface area contributed by atoms with E-state index in [1.54, 1.807) is 11.9 Å². The molecule has 6 nitrogen and oxygen atoms in total. The monoisotopic (exact) mass is 424 g/mol. The van der Waals surface area contributed by atoms with Crippen LogP contribution < -0.4 is 4.74 Å². The van der Waals surface area contributed by atoms with Crippen molar-refractivity contribution >= 4 is 21.9 Å². The molecule has 160 valence electrons. The van der Waals surface area contributed by atoms with Crippen molar-refractivity contribution in [3.05, 3.63) is 23.3 Å². The summed E-state index contributed by atoms with van der Waals surface area (Å²) in [5, 5.41) is 9.47. The molecular weight excluding hydrogens is 397 g/mol. The molecule has 0 fully saturated rings. The van der Waals surface area contributed by atoms with Crippen LogP contribution in [0, 0.1) is 6.92 Å². The molecule has 0 bridgehead atoms. The van der Waals surface area contributed by atoms with E-state index in [0.717, 1.165) is 13.2 Å². The molecular formula is C18H27F3N2O4S. The minimum Gasteiger partial charge on any atom is -0.496 e. The summed E-state index contributed by atoms with van der Waals surface area (Å²) in [5.74, 6) is -1.80. The Labute approximate surface area is 163 Å². The lowest BCUT2D eigenvalue weighted by Crippen LogP contribution is -2.49. The third-order valence-corrected chi connectivity index (χ3v) is 6.71. The minimum atomic E-state index is -5.23. The standard InChI is InChI=1S/C18H27F3N2O4S/c1-7-23(5)11-22-15-9-16(27-6)14(8-13(15)4)17(24,18(19,20)21)10-28(25,26)12(2)3/h8-9,11-12,24H,7,10H2,1-6H3/b22-11+. The average molecular weight is 424 g/mol. The van der Waals surface area contributed by atoms with Gasteiger partial charge in [-0.05, 0) is 39.3 Å². The van der Waals surface area contributed by atoms with Crippen LogP contribution in [0.3, 0.4) is 0 Å². The van der Waals surface area contributed by atoms with Gasteiger partial charge in [-0.3, -0.25) is 0 Å². The summed E-state index contributed by atoms with van der Waals surface area (Å²) in [7, 11) is -1.29. The lowest BCUT2D eigenvalue weighted by molar-refractivity contribution is -0.257. The zero-order valence-electron chi connectivity index (χ0n) is 16.8. The van der Waals surface area contributed by atoms with E-state index >= 15 is 0 Å². The first kappa shape index (κ1) is 24.2. The number of alkyl halides is 3. The first-order chi connectivity index (χ1) is 12.7. The highest BCUT2D eigenvalue weighted by molar-refractivity contribution is 7.92. The second-order valence-corrected chi connectivity index (χ2v) is 9.43. The van der Waals surface area contributed by atoms with Crippen LogP contribution in [0.1, 0.15) is 31.9 Å². The number of rotatable bonds is 8. The Hall–Kier alpha value is -1.81. The zero-order chi connectivity index (χ0) is 21.9. The molecule has 1 aromatic rings. The Morgan fingerprint density at radius 1 is 1.32 bits per heavy atom. The molecule has 1 aromatic carbocycles. The number of ether oxygens (including phenoxy) is 1. The van der Waals surface area contributed by atoms with Crippen molar-refractivity contribution in [1.29, 1.82) is 0 Å². The van der Waals surface area contributed by atoms with Crippen molar-refractivity contribution in [3.63, 3.8) is 0 Å². The van der Waals surface area contributed by atoms with E-state index in [-0.39, 0.29) is 5.75 Å². The lowest BCUT2D eigenvalue weighted by Gasteiger charge is -2.32. The van der Waals surface area contributed by atoms with Gasteiger partial charge in [-0.2, -0.15) is 13.2 Å². The fraction of sp³-hybridized carbons (Fsp3) is 0.611. The third kappa shape index (κ3) is 5.16. The van der Waals surface area contributed by atoms with Crippen molar-refractivity contribution in [2.75, 3.05) is 26.5 Å². The van der Waals surface area contributed by atoms with Crippen LogP contribution in [-0.4, -0.2) is 62.6 Å². The number of sulfone groups is 1. The van der Waals surface area contributed by atoms with Gasteiger partial charge in [-0.25, -0.2) is 13.4 Å². The third-order valence-electron chi connectivity index (χ3n) is 4.45. The molecule has 0 radical (unpaired) electrons. The number of halogens is 3. The van der Waals surface area contributed by atoms with Crippen LogP contribution in [0.4, 0.5) is 18.9 Å². The van der Waals surface area contributed by atoms with E-state index in [9.17, 15) is 26.7 Å². The quantitative estimate of drug-likeness (QED) is 0.512. The summed E-state index contributed by atoms with van der Waals surface area (Å²) >= 11 is 0. The molecule has 10 heteroatoms. The number of hydrogen-bond acceptors (Lipinski definition) is 5. The topological polar surface area (TPSA) is 79.2 Å².